The Labute approximate surface area is 119 Å². The SMILES string of the molecule is Cc1cccc(-n2nnnc2C2(N(C)C)CCCC2)c1. The molecule has 0 aliphatic heterocycles. The molecule has 1 fully saturated rings. The first kappa shape index (κ1) is 13.2. The van der Waals surface area contributed by atoms with Crippen LogP contribution in [0.15, 0.2) is 24.3 Å². The van der Waals surface area contributed by atoms with Gasteiger partial charge < -0.3 is 0 Å². The number of rotatable bonds is 3. The lowest BCUT2D eigenvalue weighted by molar-refractivity contribution is 0.143. The van der Waals surface area contributed by atoms with Gasteiger partial charge in [0.1, 0.15) is 0 Å². The maximum atomic E-state index is 4.36. The fourth-order valence-electron chi connectivity index (χ4n) is 3.24. The molecule has 1 heterocycles. The Kier molecular flexibility index (Phi) is 3.30. The normalized spacial score (nSPS) is 17.8. The first-order chi connectivity index (χ1) is 9.63. The summed E-state index contributed by atoms with van der Waals surface area (Å²) < 4.78 is 1.90. The summed E-state index contributed by atoms with van der Waals surface area (Å²) in [7, 11) is 4.25. The number of hydrogen-bond acceptors (Lipinski definition) is 4. The molecule has 2 aromatic rings. The van der Waals surface area contributed by atoms with Gasteiger partial charge in [-0.3, -0.25) is 4.90 Å². The molecule has 0 unspecified atom stereocenters. The second-order valence-electron chi connectivity index (χ2n) is 5.89. The van der Waals surface area contributed by atoms with Crippen molar-refractivity contribution in [2.75, 3.05) is 14.1 Å². The quantitative estimate of drug-likeness (QED) is 0.859. The maximum Gasteiger partial charge on any atom is 0.176 e. The third-order valence-electron chi connectivity index (χ3n) is 4.42. The van der Waals surface area contributed by atoms with Gasteiger partial charge in [0.05, 0.1) is 11.2 Å². The van der Waals surface area contributed by atoms with Crippen LogP contribution in [0.4, 0.5) is 0 Å². The summed E-state index contributed by atoms with van der Waals surface area (Å²) in [4.78, 5) is 2.28. The molecule has 0 bridgehead atoms. The third-order valence-corrected chi connectivity index (χ3v) is 4.42. The van der Waals surface area contributed by atoms with Crippen molar-refractivity contribution in [2.24, 2.45) is 0 Å². The summed E-state index contributed by atoms with van der Waals surface area (Å²) in [5.41, 5.74) is 2.22. The number of aryl methyl sites for hydroxylation is 1. The van der Waals surface area contributed by atoms with Crippen LogP contribution >= 0.6 is 0 Å². The van der Waals surface area contributed by atoms with Crippen LogP contribution < -0.4 is 0 Å². The van der Waals surface area contributed by atoms with E-state index in [1.807, 2.05) is 10.7 Å². The highest BCUT2D eigenvalue weighted by molar-refractivity contribution is 5.36. The highest BCUT2D eigenvalue weighted by Gasteiger charge is 2.42. The molecule has 5 heteroatoms. The molecule has 106 valence electrons. The Morgan fingerprint density at radius 2 is 1.95 bits per heavy atom. The van der Waals surface area contributed by atoms with Crippen LogP contribution in [0.3, 0.4) is 0 Å². The van der Waals surface area contributed by atoms with Gasteiger partial charge >= 0.3 is 0 Å². The number of hydrogen-bond donors (Lipinski definition) is 0. The predicted octanol–water partition coefficient (Wildman–Crippen LogP) is 2.30. The van der Waals surface area contributed by atoms with Crippen LogP contribution in [-0.4, -0.2) is 39.2 Å². The van der Waals surface area contributed by atoms with Gasteiger partial charge in [-0.25, -0.2) is 0 Å². The molecule has 1 aliphatic rings. The topological polar surface area (TPSA) is 46.8 Å². The Hall–Kier alpha value is -1.75. The molecule has 0 atom stereocenters. The van der Waals surface area contributed by atoms with E-state index in [2.05, 4.69) is 59.6 Å². The lowest BCUT2D eigenvalue weighted by Crippen LogP contribution is -2.41. The predicted molar refractivity (Wildman–Crippen MR) is 77.7 cm³/mol. The molecule has 0 spiro atoms. The number of tetrazole rings is 1. The molecule has 1 aliphatic carbocycles. The van der Waals surface area contributed by atoms with Gasteiger partial charge in [0, 0.05) is 0 Å². The molecular formula is C15H21N5. The van der Waals surface area contributed by atoms with Gasteiger partial charge in [0.2, 0.25) is 0 Å². The van der Waals surface area contributed by atoms with Crippen molar-refractivity contribution in [1.29, 1.82) is 0 Å². The highest BCUT2D eigenvalue weighted by atomic mass is 15.6. The summed E-state index contributed by atoms with van der Waals surface area (Å²) in [5, 5.41) is 12.5. The highest BCUT2D eigenvalue weighted by Crippen LogP contribution is 2.41. The number of benzene rings is 1. The third kappa shape index (κ3) is 2.02. The molecule has 20 heavy (non-hydrogen) atoms. The van der Waals surface area contributed by atoms with E-state index < -0.39 is 0 Å². The van der Waals surface area contributed by atoms with E-state index in [0.29, 0.717) is 0 Å². The summed E-state index contributed by atoms with van der Waals surface area (Å²) in [6, 6.07) is 8.32. The number of nitrogens with zero attached hydrogens (tertiary/aromatic N) is 5. The van der Waals surface area contributed by atoms with Crippen molar-refractivity contribution in [2.45, 2.75) is 38.1 Å². The van der Waals surface area contributed by atoms with Gasteiger partial charge in [-0.2, -0.15) is 4.68 Å². The molecular weight excluding hydrogens is 250 g/mol. The van der Waals surface area contributed by atoms with E-state index in [0.717, 1.165) is 24.4 Å². The fraction of sp³-hybridized carbons (Fsp3) is 0.533. The zero-order chi connectivity index (χ0) is 14.2. The monoisotopic (exact) mass is 271 g/mol. The summed E-state index contributed by atoms with van der Waals surface area (Å²) in [6.45, 7) is 2.09. The van der Waals surface area contributed by atoms with Gasteiger partial charge in [-0.05, 0) is 62.0 Å². The van der Waals surface area contributed by atoms with E-state index in [1.165, 1.54) is 18.4 Å². The van der Waals surface area contributed by atoms with E-state index in [4.69, 9.17) is 0 Å². The molecule has 1 aromatic carbocycles. The lowest BCUT2D eigenvalue weighted by Gasteiger charge is -2.34. The van der Waals surface area contributed by atoms with Crippen LogP contribution in [0.1, 0.15) is 37.1 Å². The number of aromatic nitrogens is 4. The minimum absolute atomic E-state index is 0.0345. The van der Waals surface area contributed by atoms with Crippen LogP contribution in [0.2, 0.25) is 0 Å². The van der Waals surface area contributed by atoms with Crippen molar-refractivity contribution in [3.8, 4) is 5.69 Å². The second kappa shape index (κ2) is 4.98. The van der Waals surface area contributed by atoms with E-state index in [-0.39, 0.29) is 5.54 Å². The molecule has 3 rings (SSSR count). The first-order valence-corrected chi connectivity index (χ1v) is 7.17. The van der Waals surface area contributed by atoms with Crippen molar-refractivity contribution in [3.05, 3.63) is 35.7 Å². The minimum Gasteiger partial charge on any atom is -0.297 e. The summed E-state index contributed by atoms with van der Waals surface area (Å²) >= 11 is 0. The molecule has 0 radical (unpaired) electrons. The maximum absolute atomic E-state index is 4.36. The molecule has 0 saturated heterocycles. The van der Waals surface area contributed by atoms with Gasteiger partial charge in [0.15, 0.2) is 5.82 Å². The van der Waals surface area contributed by atoms with Crippen molar-refractivity contribution in [1.82, 2.24) is 25.1 Å². The fourth-order valence-corrected chi connectivity index (χ4v) is 3.24. The Morgan fingerprint density at radius 3 is 2.60 bits per heavy atom. The zero-order valence-electron chi connectivity index (χ0n) is 12.4. The largest absolute Gasteiger partial charge is 0.297 e. The average Bonchev–Trinajstić information content (AvgIpc) is 3.08. The van der Waals surface area contributed by atoms with Crippen LogP contribution in [0.5, 0.6) is 0 Å². The van der Waals surface area contributed by atoms with Crippen molar-refractivity contribution in [3.63, 3.8) is 0 Å². The van der Waals surface area contributed by atoms with E-state index in [9.17, 15) is 0 Å². The molecule has 1 saturated carbocycles. The van der Waals surface area contributed by atoms with Crippen molar-refractivity contribution >= 4 is 0 Å². The van der Waals surface area contributed by atoms with Crippen LogP contribution in [-0.2, 0) is 5.54 Å². The van der Waals surface area contributed by atoms with Gasteiger partial charge in [-0.15, -0.1) is 5.10 Å². The molecule has 0 N–H and O–H groups in total. The Bertz CT molecular complexity index is 596. The molecule has 5 nitrogen and oxygen atoms in total. The lowest BCUT2D eigenvalue weighted by atomic mass is 9.95. The molecule has 0 amide bonds. The molecule has 1 aromatic heterocycles. The van der Waals surface area contributed by atoms with E-state index >= 15 is 0 Å². The summed E-state index contributed by atoms with van der Waals surface area (Å²) in [5.74, 6) is 0.964. The average molecular weight is 271 g/mol. The Morgan fingerprint density at radius 1 is 1.20 bits per heavy atom. The minimum atomic E-state index is -0.0345. The summed E-state index contributed by atoms with van der Waals surface area (Å²) in [6.07, 6.45) is 4.70. The van der Waals surface area contributed by atoms with E-state index in [1.54, 1.807) is 0 Å². The Balaban J connectivity index is 2.10. The zero-order valence-corrected chi connectivity index (χ0v) is 12.4. The first-order valence-electron chi connectivity index (χ1n) is 7.17. The van der Waals surface area contributed by atoms with Crippen LogP contribution in [0.25, 0.3) is 5.69 Å². The standard InChI is InChI=1S/C15H21N5/c1-12-7-6-8-13(11-12)20-14(16-17-18-20)15(19(2)3)9-4-5-10-15/h6-8,11H,4-5,9-10H2,1-3H3. The van der Waals surface area contributed by atoms with Gasteiger partial charge in [0.25, 0.3) is 0 Å². The van der Waals surface area contributed by atoms with Gasteiger partial charge in [-0.1, -0.05) is 25.0 Å². The smallest absolute Gasteiger partial charge is 0.176 e. The van der Waals surface area contributed by atoms with Crippen molar-refractivity contribution < 1.29 is 0 Å². The van der Waals surface area contributed by atoms with Crippen LogP contribution in [0, 0.1) is 6.92 Å². The second-order valence-corrected chi connectivity index (χ2v) is 5.89.